The SMILES string of the molecule is N#Cc1c(Br)cccc1Oc1cccc(I)c1. The molecule has 0 heterocycles. The van der Waals surface area contributed by atoms with Crippen LogP contribution >= 0.6 is 38.5 Å². The normalized spacial score (nSPS) is 9.71. The van der Waals surface area contributed by atoms with Gasteiger partial charge in [-0.2, -0.15) is 5.26 Å². The van der Waals surface area contributed by atoms with Crippen LogP contribution in [0.5, 0.6) is 11.5 Å². The lowest BCUT2D eigenvalue weighted by Crippen LogP contribution is -1.89. The van der Waals surface area contributed by atoms with E-state index in [1.165, 1.54) is 0 Å². The number of nitriles is 1. The van der Waals surface area contributed by atoms with Crippen molar-refractivity contribution in [3.05, 3.63) is 56.1 Å². The van der Waals surface area contributed by atoms with Crippen molar-refractivity contribution in [1.82, 2.24) is 0 Å². The quantitative estimate of drug-likeness (QED) is 0.684. The Bertz CT molecular complexity index is 592. The molecule has 84 valence electrons. The molecule has 0 N–H and O–H groups in total. The summed E-state index contributed by atoms with van der Waals surface area (Å²) in [6.45, 7) is 0. The lowest BCUT2D eigenvalue weighted by molar-refractivity contribution is 0.480. The van der Waals surface area contributed by atoms with Crippen molar-refractivity contribution in [2.24, 2.45) is 0 Å². The summed E-state index contributed by atoms with van der Waals surface area (Å²) in [5.41, 5.74) is 0.506. The predicted octanol–water partition coefficient (Wildman–Crippen LogP) is 4.72. The first-order valence-corrected chi connectivity index (χ1v) is 6.70. The van der Waals surface area contributed by atoms with E-state index in [-0.39, 0.29) is 0 Å². The topological polar surface area (TPSA) is 33.0 Å². The average molecular weight is 400 g/mol. The number of hydrogen-bond acceptors (Lipinski definition) is 2. The summed E-state index contributed by atoms with van der Waals surface area (Å²) in [5, 5.41) is 9.07. The van der Waals surface area contributed by atoms with E-state index >= 15 is 0 Å². The third-order valence-corrected chi connectivity index (χ3v) is 3.44. The highest BCUT2D eigenvalue weighted by molar-refractivity contribution is 14.1. The molecule has 0 aliphatic carbocycles. The van der Waals surface area contributed by atoms with E-state index in [4.69, 9.17) is 10.00 Å². The van der Waals surface area contributed by atoms with Gasteiger partial charge in [0, 0.05) is 8.04 Å². The first kappa shape index (κ1) is 12.4. The fraction of sp³-hybridized carbons (Fsp3) is 0. The first-order chi connectivity index (χ1) is 8.20. The van der Waals surface area contributed by atoms with Crippen LogP contribution in [-0.2, 0) is 0 Å². The molecule has 2 aromatic carbocycles. The molecule has 4 heteroatoms. The molecule has 0 aliphatic rings. The van der Waals surface area contributed by atoms with Crippen molar-refractivity contribution >= 4 is 38.5 Å². The summed E-state index contributed by atoms with van der Waals surface area (Å²) in [6, 6.07) is 15.3. The molecule has 0 aliphatic heterocycles. The first-order valence-electron chi connectivity index (χ1n) is 4.83. The van der Waals surface area contributed by atoms with Gasteiger partial charge in [-0.05, 0) is 68.9 Å². The summed E-state index contributed by atoms with van der Waals surface area (Å²) in [4.78, 5) is 0. The van der Waals surface area contributed by atoms with Gasteiger partial charge in [0.05, 0.1) is 0 Å². The number of hydrogen-bond donors (Lipinski definition) is 0. The lowest BCUT2D eigenvalue weighted by atomic mass is 10.2. The van der Waals surface area contributed by atoms with Crippen LogP contribution in [-0.4, -0.2) is 0 Å². The minimum Gasteiger partial charge on any atom is -0.456 e. The van der Waals surface area contributed by atoms with Gasteiger partial charge in [-0.15, -0.1) is 0 Å². The highest BCUT2D eigenvalue weighted by Gasteiger charge is 2.08. The number of halogens is 2. The Hall–Kier alpha value is -1.06. The summed E-state index contributed by atoms with van der Waals surface area (Å²) >= 11 is 5.55. The largest absolute Gasteiger partial charge is 0.456 e. The van der Waals surface area contributed by atoms with Crippen LogP contribution in [0.1, 0.15) is 5.56 Å². The molecule has 0 unspecified atom stereocenters. The Morgan fingerprint density at radius 1 is 1.18 bits per heavy atom. The van der Waals surface area contributed by atoms with Crippen molar-refractivity contribution in [2.45, 2.75) is 0 Å². The molecular formula is C13H7BrINO. The molecule has 2 nitrogen and oxygen atoms in total. The van der Waals surface area contributed by atoms with Gasteiger partial charge in [-0.25, -0.2) is 0 Å². The maximum absolute atomic E-state index is 9.07. The van der Waals surface area contributed by atoms with Crippen molar-refractivity contribution in [3.63, 3.8) is 0 Å². The van der Waals surface area contributed by atoms with Crippen LogP contribution < -0.4 is 4.74 Å². The molecule has 0 amide bonds. The second-order valence-corrected chi connectivity index (χ2v) is 5.38. The highest BCUT2D eigenvalue weighted by Crippen LogP contribution is 2.30. The second kappa shape index (κ2) is 5.52. The third kappa shape index (κ3) is 2.99. The second-order valence-electron chi connectivity index (χ2n) is 3.28. The van der Waals surface area contributed by atoms with Crippen molar-refractivity contribution in [2.75, 3.05) is 0 Å². The van der Waals surface area contributed by atoms with Crippen LogP contribution in [0.2, 0.25) is 0 Å². The summed E-state index contributed by atoms with van der Waals surface area (Å²) in [5.74, 6) is 1.29. The molecule has 0 saturated heterocycles. The van der Waals surface area contributed by atoms with Gasteiger partial charge in [-0.1, -0.05) is 12.1 Å². The van der Waals surface area contributed by atoms with E-state index in [2.05, 4.69) is 44.6 Å². The smallest absolute Gasteiger partial charge is 0.146 e. The zero-order chi connectivity index (χ0) is 12.3. The van der Waals surface area contributed by atoms with E-state index < -0.39 is 0 Å². The number of benzene rings is 2. The summed E-state index contributed by atoms with van der Waals surface area (Å²) < 4.78 is 7.54. The fourth-order valence-electron chi connectivity index (χ4n) is 1.36. The van der Waals surface area contributed by atoms with Crippen molar-refractivity contribution in [3.8, 4) is 17.6 Å². The molecule has 0 aromatic heterocycles. The fourth-order valence-corrected chi connectivity index (χ4v) is 2.31. The van der Waals surface area contributed by atoms with E-state index in [1.54, 1.807) is 6.07 Å². The van der Waals surface area contributed by atoms with E-state index in [9.17, 15) is 0 Å². The van der Waals surface area contributed by atoms with Gasteiger partial charge in [0.2, 0.25) is 0 Å². The van der Waals surface area contributed by atoms with Gasteiger partial charge in [0.25, 0.3) is 0 Å². The Morgan fingerprint density at radius 3 is 2.65 bits per heavy atom. The molecule has 0 bridgehead atoms. The highest BCUT2D eigenvalue weighted by atomic mass is 127. The molecule has 2 aromatic rings. The third-order valence-electron chi connectivity index (χ3n) is 2.11. The maximum atomic E-state index is 9.07. The number of rotatable bonds is 2. The summed E-state index contributed by atoms with van der Waals surface area (Å²) in [6.07, 6.45) is 0. The predicted molar refractivity (Wildman–Crippen MR) is 78.1 cm³/mol. The molecule has 17 heavy (non-hydrogen) atoms. The average Bonchev–Trinajstić information content (AvgIpc) is 2.29. The minimum absolute atomic E-state index is 0.506. The Labute approximate surface area is 121 Å². The van der Waals surface area contributed by atoms with Crippen LogP contribution in [0.3, 0.4) is 0 Å². The van der Waals surface area contributed by atoms with Crippen molar-refractivity contribution < 1.29 is 4.74 Å². The van der Waals surface area contributed by atoms with E-state index in [0.29, 0.717) is 11.3 Å². The molecule has 0 fully saturated rings. The van der Waals surface area contributed by atoms with Crippen LogP contribution in [0.4, 0.5) is 0 Å². The standard InChI is InChI=1S/C13H7BrINO/c14-12-5-2-6-13(11(12)8-16)17-10-4-1-3-9(15)7-10/h1-7H. The molecule has 0 radical (unpaired) electrons. The molecule has 0 saturated carbocycles. The Balaban J connectivity index is 2.37. The van der Waals surface area contributed by atoms with Crippen molar-refractivity contribution in [1.29, 1.82) is 5.26 Å². The van der Waals surface area contributed by atoms with Gasteiger partial charge in [0.15, 0.2) is 0 Å². The van der Waals surface area contributed by atoms with Gasteiger partial charge in [0.1, 0.15) is 23.1 Å². The maximum Gasteiger partial charge on any atom is 0.146 e. The molecule has 2 rings (SSSR count). The molecule has 0 spiro atoms. The zero-order valence-electron chi connectivity index (χ0n) is 8.65. The van der Waals surface area contributed by atoms with Gasteiger partial charge < -0.3 is 4.74 Å². The number of nitrogens with zero attached hydrogens (tertiary/aromatic N) is 1. The lowest BCUT2D eigenvalue weighted by Gasteiger charge is -2.08. The Morgan fingerprint density at radius 2 is 1.94 bits per heavy atom. The van der Waals surface area contributed by atoms with Crippen LogP contribution in [0, 0.1) is 14.9 Å². The van der Waals surface area contributed by atoms with Gasteiger partial charge >= 0.3 is 0 Å². The van der Waals surface area contributed by atoms with Crippen LogP contribution in [0.15, 0.2) is 46.9 Å². The van der Waals surface area contributed by atoms with Crippen LogP contribution in [0.25, 0.3) is 0 Å². The monoisotopic (exact) mass is 399 g/mol. The van der Waals surface area contributed by atoms with E-state index in [1.807, 2.05) is 36.4 Å². The molecule has 0 atom stereocenters. The number of ether oxygens (including phenoxy) is 1. The zero-order valence-corrected chi connectivity index (χ0v) is 12.4. The molecular weight excluding hydrogens is 393 g/mol. The summed E-state index contributed by atoms with van der Waals surface area (Å²) in [7, 11) is 0. The van der Waals surface area contributed by atoms with Gasteiger partial charge in [-0.3, -0.25) is 0 Å². The Kier molecular flexibility index (Phi) is 4.02. The van der Waals surface area contributed by atoms with E-state index in [0.717, 1.165) is 13.8 Å². The minimum atomic E-state index is 0.506.